The Bertz CT molecular complexity index is 820. The summed E-state index contributed by atoms with van der Waals surface area (Å²) in [6.45, 7) is 2.16. The minimum absolute atomic E-state index is 0. The fourth-order valence-electron chi connectivity index (χ4n) is 3.45. The third kappa shape index (κ3) is 5.19. The van der Waals surface area contributed by atoms with Crippen molar-refractivity contribution in [2.75, 3.05) is 0 Å². The second-order valence-corrected chi connectivity index (χ2v) is 9.16. The lowest BCUT2D eigenvalue weighted by atomic mass is 9.81. The summed E-state index contributed by atoms with van der Waals surface area (Å²) in [5, 5.41) is 0. The number of benzene rings is 1. The molecule has 6 heteroatoms. The number of nitrogens with zero attached hydrogens (tertiary/aromatic N) is 1. The van der Waals surface area contributed by atoms with Crippen molar-refractivity contribution < 1.29 is 8.42 Å². The maximum atomic E-state index is 11.5. The molecule has 1 unspecified atom stereocenters. The van der Waals surface area contributed by atoms with Gasteiger partial charge in [-0.15, -0.1) is 12.4 Å². The van der Waals surface area contributed by atoms with Gasteiger partial charge in [0.25, 0.3) is 9.05 Å². The highest BCUT2D eigenvalue weighted by Crippen LogP contribution is 2.30. The van der Waals surface area contributed by atoms with Gasteiger partial charge in [-0.1, -0.05) is 25.5 Å². The van der Waals surface area contributed by atoms with Crippen LogP contribution in [-0.2, 0) is 34.7 Å². The summed E-state index contributed by atoms with van der Waals surface area (Å²) in [5.41, 5.74) is 4.76. The summed E-state index contributed by atoms with van der Waals surface area (Å²) < 4.78 is 23.1. The molecule has 1 heterocycles. The van der Waals surface area contributed by atoms with Gasteiger partial charge >= 0.3 is 0 Å². The van der Waals surface area contributed by atoms with E-state index in [1.54, 1.807) is 12.1 Å². The predicted molar refractivity (Wildman–Crippen MR) is 104 cm³/mol. The van der Waals surface area contributed by atoms with Crippen molar-refractivity contribution in [1.29, 1.82) is 0 Å². The number of hydrogen-bond donors (Lipinski definition) is 0. The normalized spacial score (nSPS) is 16.8. The molecule has 136 valence electrons. The number of rotatable bonds is 5. The van der Waals surface area contributed by atoms with Gasteiger partial charge in [-0.25, -0.2) is 8.42 Å². The largest absolute Gasteiger partial charge is 0.261 e. The summed E-state index contributed by atoms with van der Waals surface area (Å²) in [5.74, 6) is 0.518. The second kappa shape index (κ2) is 8.52. The first-order chi connectivity index (χ1) is 11.5. The third-order valence-corrected chi connectivity index (χ3v) is 6.06. The van der Waals surface area contributed by atoms with Crippen LogP contribution in [0.25, 0.3) is 0 Å². The zero-order valence-corrected chi connectivity index (χ0v) is 16.6. The molecule has 0 saturated carbocycles. The van der Waals surface area contributed by atoms with E-state index in [0.717, 1.165) is 49.8 Å². The second-order valence-electron chi connectivity index (χ2n) is 6.59. The van der Waals surface area contributed by atoms with Gasteiger partial charge < -0.3 is 0 Å². The standard InChI is InChI=1S/C19H22ClNO2S.ClH/c1-2-3-18-8-5-15(13-21-18)10-14-4-6-16-7-9-19(24(20,22)23)12-17(16)11-14;/h5,7-9,12-14H,2-4,6,10-11H2,1H3;1H. The van der Waals surface area contributed by atoms with Crippen LogP contribution < -0.4 is 0 Å². The van der Waals surface area contributed by atoms with Crippen molar-refractivity contribution >= 4 is 32.1 Å². The zero-order valence-electron chi connectivity index (χ0n) is 14.2. The summed E-state index contributed by atoms with van der Waals surface area (Å²) in [6.07, 6.45) is 8.11. The van der Waals surface area contributed by atoms with E-state index in [1.807, 2.05) is 12.3 Å². The molecule has 0 saturated heterocycles. The Balaban J connectivity index is 0.00000225. The van der Waals surface area contributed by atoms with Crippen LogP contribution in [0.5, 0.6) is 0 Å². The van der Waals surface area contributed by atoms with Crippen LogP contribution in [0.15, 0.2) is 41.4 Å². The number of aromatic nitrogens is 1. The van der Waals surface area contributed by atoms with E-state index >= 15 is 0 Å². The Kier molecular flexibility index (Phi) is 6.89. The number of hydrogen-bond acceptors (Lipinski definition) is 3. The molecule has 3 nitrogen and oxygen atoms in total. The SMILES string of the molecule is CCCc1ccc(CC2CCc3ccc(S(=O)(=O)Cl)cc3C2)cn1.Cl. The van der Waals surface area contributed by atoms with Crippen molar-refractivity contribution in [2.45, 2.75) is 50.3 Å². The first kappa shape index (κ1) is 20.2. The van der Waals surface area contributed by atoms with E-state index in [0.29, 0.717) is 5.92 Å². The Morgan fingerprint density at radius 1 is 1.20 bits per heavy atom. The quantitative estimate of drug-likeness (QED) is 0.682. The van der Waals surface area contributed by atoms with Crippen molar-refractivity contribution in [2.24, 2.45) is 5.92 Å². The van der Waals surface area contributed by atoms with Crippen LogP contribution in [0.3, 0.4) is 0 Å². The summed E-state index contributed by atoms with van der Waals surface area (Å²) in [7, 11) is 1.81. The molecule has 1 atom stereocenters. The fraction of sp³-hybridized carbons (Fsp3) is 0.421. The first-order valence-corrected chi connectivity index (χ1v) is 10.8. The zero-order chi connectivity index (χ0) is 17.2. The lowest BCUT2D eigenvalue weighted by Crippen LogP contribution is -2.17. The van der Waals surface area contributed by atoms with Crippen molar-refractivity contribution in [3.05, 3.63) is 58.9 Å². The molecule has 0 N–H and O–H groups in total. The molecule has 2 aromatic rings. The van der Waals surface area contributed by atoms with Crippen molar-refractivity contribution in [3.63, 3.8) is 0 Å². The van der Waals surface area contributed by atoms with Gasteiger partial charge in [-0.05, 0) is 72.9 Å². The monoisotopic (exact) mass is 399 g/mol. The first-order valence-electron chi connectivity index (χ1n) is 8.46. The van der Waals surface area contributed by atoms with Gasteiger partial charge in [0.1, 0.15) is 0 Å². The molecule has 0 radical (unpaired) electrons. The maximum absolute atomic E-state index is 11.5. The molecule has 1 aromatic heterocycles. The van der Waals surface area contributed by atoms with Crippen molar-refractivity contribution in [1.82, 2.24) is 4.98 Å². The van der Waals surface area contributed by atoms with Gasteiger partial charge in [0.05, 0.1) is 4.90 Å². The van der Waals surface area contributed by atoms with Crippen molar-refractivity contribution in [3.8, 4) is 0 Å². The molecule has 1 aromatic carbocycles. The van der Waals surface area contributed by atoms with Gasteiger partial charge in [0.2, 0.25) is 0 Å². The van der Waals surface area contributed by atoms with Crippen LogP contribution in [0.4, 0.5) is 0 Å². The lowest BCUT2D eigenvalue weighted by Gasteiger charge is -2.25. The van der Waals surface area contributed by atoms with Crippen LogP contribution >= 0.6 is 23.1 Å². The molecule has 3 rings (SSSR count). The number of fused-ring (bicyclic) bond motifs is 1. The topological polar surface area (TPSA) is 47.0 Å². The van der Waals surface area contributed by atoms with Crippen LogP contribution in [0.1, 0.15) is 42.1 Å². The Morgan fingerprint density at radius 3 is 2.64 bits per heavy atom. The molecule has 25 heavy (non-hydrogen) atoms. The summed E-state index contributed by atoms with van der Waals surface area (Å²) in [4.78, 5) is 4.73. The highest BCUT2D eigenvalue weighted by atomic mass is 35.7. The molecule has 1 aliphatic rings. The van der Waals surface area contributed by atoms with Gasteiger partial charge in [-0.2, -0.15) is 0 Å². The highest BCUT2D eigenvalue weighted by Gasteiger charge is 2.21. The van der Waals surface area contributed by atoms with Crippen LogP contribution in [-0.4, -0.2) is 13.4 Å². The molecule has 0 aliphatic heterocycles. The number of halogens is 2. The Morgan fingerprint density at radius 2 is 2.00 bits per heavy atom. The van der Waals surface area contributed by atoms with E-state index in [2.05, 4.69) is 24.0 Å². The van der Waals surface area contributed by atoms with Crippen LogP contribution in [0.2, 0.25) is 0 Å². The Hall–Kier alpha value is -1.10. The van der Waals surface area contributed by atoms with Gasteiger partial charge in [-0.3, -0.25) is 4.98 Å². The molecule has 0 spiro atoms. The number of aryl methyl sites for hydroxylation is 2. The lowest BCUT2D eigenvalue weighted by molar-refractivity contribution is 0.455. The number of pyridine rings is 1. The molecule has 0 amide bonds. The summed E-state index contributed by atoms with van der Waals surface area (Å²) >= 11 is 0. The van der Waals surface area contributed by atoms with E-state index in [4.69, 9.17) is 10.7 Å². The Labute approximate surface area is 160 Å². The molecule has 0 bridgehead atoms. The minimum atomic E-state index is -3.66. The third-order valence-electron chi connectivity index (χ3n) is 4.71. The minimum Gasteiger partial charge on any atom is -0.261 e. The van der Waals surface area contributed by atoms with Gasteiger partial charge in [0, 0.05) is 22.6 Å². The van der Waals surface area contributed by atoms with Crippen LogP contribution in [0, 0.1) is 5.92 Å². The smallest absolute Gasteiger partial charge is 0.261 e. The molecular formula is C19H23Cl2NO2S. The molecular weight excluding hydrogens is 377 g/mol. The highest BCUT2D eigenvalue weighted by molar-refractivity contribution is 8.13. The average molecular weight is 400 g/mol. The average Bonchev–Trinajstić information content (AvgIpc) is 2.55. The fourth-order valence-corrected chi connectivity index (χ4v) is 4.25. The van der Waals surface area contributed by atoms with E-state index < -0.39 is 9.05 Å². The maximum Gasteiger partial charge on any atom is 0.261 e. The van der Waals surface area contributed by atoms with E-state index in [-0.39, 0.29) is 17.3 Å². The summed E-state index contributed by atoms with van der Waals surface area (Å²) in [6, 6.07) is 9.55. The molecule has 1 aliphatic carbocycles. The van der Waals surface area contributed by atoms with E-state index in [1.165, 1.54) is 11.1 Å². The predicted octanol–water partition coefficient (Wildman–Crippen LogP) is 4.73. The van der Waals surface area contributed by atoms with E-state index in [9.17, 15) is 8.42 Å². The van der Waals surface area contributed by atoms with Gasteiger partial charge in [0.15, 0.2) is 0 Å². The molecule has 0 fully saturated rings.